The Labute approximate surface area is 160 Å². The predicted molar refractivity (Wildman–Crippen MR) is 110 cm³/mol. The molecule has 0 saturated heterocycles. The summed E-state index contributed by atoms with van der Waals surface area (Å²) in [4.78, 5) is 20.9. The van der Waals surface area contributed by atoms with Crippen LogP contribution >= 0.6 is 24.0 Å². The summed E-state index contributed by atoms with van der Waals surface area (Å²) in [6.45, 7) is 3.65. The molecule has 0 spiro atoms. The van der Waals surface area contributed by atoms with Crippen LogP contribution in [0, 0.1) is 0 Å². The zero-order chi connectivity index (χ0) is 16.7. The number of guanidine groups is 1. The molecule has 1 heterocycles. The fourth-order valence-electron chi connectivity index (χ4n) is 2.21. The van der Waals surface area contributed by atoms with Crippen molar-refractivity contribution in [2.45, 2.75) is 13.3 Å². The highest BCUT2D eigenvalue weighted by molar-refractivity contribution is 14.0. The predicted octanol–water partition coefficient (Wildman–Crippen LogP) is 1.97. The molecule has 132 valence electrons. The van der Waals surface area contributed by atoms with Crippen molar-refractivity contribution in [2.75, 3.05) is 33.7 Å². The van der Waals surface area contributed by atoms with Gasteiger partial charge >= 0.3 is 0 Å². The van der Waals surface area contributed by atoms with Crippen molar-refractivity contribution in [2.24, 2.45) is 4.99 Å². The molecule has 1 amide bonds. The van der Waals surface area contributed by atoms with E-state index >= 15 is 0 Å². The number of carbonyl (C=O) groups excluding carboxylic acids is 1. The summed E-state index contributed by atoms with van der Waals surface area (Å²) in [6.07, 6.45) is 0.862. The largest absolute Gasteiger partial charge is 0.358 e. The van der Waals surface area contributed by atoms with Gasteiger partial charge in [-0.1, -0.05) is 18.2 Å². The third kappa shape index (κ3) is 6.03. The van der Waals surface area contributed by atoms with E-state index in [9.17, 15) is 4.79 Å². The second kappa shape index (κ2) is 10.2. The van der Waals surface area contributed by atoms with Gasteiger partial charge in [-0.25, -0.2) is 4.99 Å². The second-order valence-electron chi connectivity index (χ2n) is 5.54. The van der Waals surface area contributed by atoms with E-state index in [1.807, 2.05) is 19.1 Å². The third-order valence-corrected chi connectivity index (χ3v) is 3.49. The summed E-state index contributed by atoms with van der Waals surface area (Å²) in [5.41, 5.74) is 2.33. The van der Waals surface area contributed by atoms with Gasteiger partial charge in [0.1, 0.15) is 6.54 Å². The van der Waals surface area contributed by atoms with E-state index in [-0.39, 0.29) is 36.4 Å². The van der Waals surface area contributed by atoms with Gasteiger partial charge in [-0.05, 0) is 24.4 Å². The molecule has 0 atom stereocenters. The van der Waals surface area contributed by atoms with Gasteiger partial charge in [0, 0.05) is 44.8 Å². The Balaban J connectivity index is 0.00000288. The molecular formula is C17H26IN5O. The van der Waals surface area contributed by atoms with Gasteiger partial charge in [-0.3, -0.25) is 4.79 Å². The van der Waals surface area contributed by atoms with E-state index in [1.165, 1.54) is 16.0 Å². The molecule has 0 unspecified atom stereocenters. The molecule has 2 rings (SSSR count). The number of aromatic amines is 1. The zero-order valence-corrected chi connectivity index (χ0v) is 16.8. The molecule has 1 aromatic heterocycles. The average Bonchev–Trinajstić information content (AvgIpc) is 2.94. The Bertz CT molecular complexity index is 647. The number of benzene rings is 1. The molecule has 0 saturated carbocycles. The Morgan fingerprint density at radius 2 is 2.00 bits per heavy atom. The molecule has 3 N–H and O–H groups in total. The maximum atomic E-state index is 11.6. The molecule has 0 aliphatic carbocycles. The number of carbonyl (C=O) groups is 1. The van der Waals surface area contributed by atoms with Crippen molar-refractivity contribution in [1.82, 2.24) is 20.5 Å². The number of amides is 1. The normalized spacial score (nSPS) is 11.0. The van der Waals surface area contributed by atoms with Gasteiger partial charge < -0.3 is 20.5 Å². The van der Waals surface area contributed by atoms with Gasteiger partial charge in [-0.15, -0.1) is 24.0 Å². The minimum atomic E-state index is -0.0159. The van der Waals surface area contributed by atoms with Crippen LogP contribution in [-0.4, -0.2) is 55.5 Å². The summed E-state index contributed by atoms with van der Waals surface area (Å²) >= 11 is 0. The Hall–Kier alpha value is -1.77. The van der Waals surface area contributed by atoms with Crippen LogP contribution in [0.4, 0.5) is 0 Å². The lowest BCUT2D eigenvalue weighted by Crippen LogP contribution is -2.39. The molecular weight excluding hydrogens is 417 g/mol. The number of aliphatic imine (C=N–C) groups is 1. The highest BCUT2D eigenvalue weighted by atomic mass is 127. The number of halogens is 1. The number of nitrogens with one attached hydrogen (secondary N) is 3. The van der Waals surface area contributed by atoms with Crippen molar-refractivity contribution in [1.29, 1.82) is 0 Å². The van der Waals surface area contributed by atoms with Gasteiger partial charge in [0.15, 0.2) is 5.96 Å². The smallest absolute Gasteiger partial charge is 0.243 e. The Morgan fingerprint density at radius 3 is 2.67 bits per heavy atom. The average molecular weight is 443 g/mol. The minimum Gasteiger partial charge on any atom is -0.358 e. The molecule has 6 nitrogen and oxygen atoms in total. The van der Waals surface area contributed by atoms with E-state index in [1.54, 1.807) is 14.1 Å². The van der Waals surface area contributed by atoms with E-state index in [0.29, 0.717) is 5.96 Å². The molecule has 0 bridgehead atoms. The Morgan fingerprint density at radius 1 is 1.25 bits per heavy atom. The summed E-state index contributed by atoms with van der Waals surface area (Å²) in [5, 5.41) is 7.63. The fraction of sp³-hybridized carbons (Fsp3) is 0.412. The Kier molecular flexibility index (Phi) is 8.59. The van der Waals surface area contributed by atoms with E-state index in [0.717, 1.165) is 25.0 Å². The first kappa shape index (κ1) is 20.3. The maximum Gasteiger partial charge on any atom is 0.243 e. The van der Waals surface area contributed by atoms with Crippen molar-refractivity contribution in [3.8, 4) is 0 Å². The molecule has 2 aromatic rings. The fourth-order valence-corrected chi connectivity index (χ4v) is 2.21. The SMILES string of the molecule is CCNC(=NCC(=O)N(C)C)NCCc1cc2ccccc2[nH]1.I. The number of fused-ring (bicyclic) bond motifs is 1. The molecule has 1 aromatic carbocycles. The highest BCUT2D eigenvalue weighted by Crippen LogP contribution is 2.14. The highest BCUT2D eigenvalue weighted by Gasteiger charge is 2.04. The van der Waals surface area contributed by atoms with Crippen LogP contribution in [0.1, 0.15) is 12.6 Å². The van der Waals surface area contributed by atoms with Crippen LogP contribution in [-0.2, 0) is 11.2 Å². The van der Waals surface area contributed by atoms with E-state index < -0.39 is 0 Å². The lowest BCUT2D eigenvalue weighted by Gasteiger charge is -2.12. The first-order valence-electron chi connectivity index (χ1n) is 7.89. The second-order valence-corrected chi connectivity index (χ2v) is 5.54. The number of likely N-dealkylation sites (N-methyl/N-ethyl adjacent to an activating group) is 1. The van der Waals surface area contributed by atoms with E-state index in [2.05, 4.69) is 38.8 Å². The molecule has 0 radical (unpaired) electrons. The summed E-state index contributed by atoms with van der Waals surface area (Å²) in [5.74, 6) is 0.650. The molecule has 0 fully saturated rings. The van der Waals surface area contributed by atoms with Crippen molar-refractivity contribution in [3.05, 3.63) is 36.0 Å². The lowest BCUT2D eigenvalue weighted by atomic mass is 10.2. The molecule has 0 aliphatic heterocycles. The number of hydrogen-bond donors (Lipinski definition) is 3. The summed E-state index contributed by atoms with van der Waals surface area (Å²) < 4.78 is 0. The van der Waals surface area contributed by atoms with Gasteiger partial charge in [-0.2, -0.15) is 0 Å². The third-order valence-electron chi connectivity index (χ3n) is 3.49. The molecule has 24 heavy (non-hydrogen) atoms. The number of H-pyrrole nitrogens is 1. The van der Waals surface area contributed by atoms with Crippen LogP contribution < -0.4 is 10.6 Å². The number of hydrogen-bond acceptors (Lipinski definition) is 2. The molecule has 0 aliphatic rings. The van der Waals surface area contributed by atoms with E-state index in [4.69, 9.17) is 0 Å². The maximum absolute atomic E-state index is 11.6. The van der Waals surface area contributed by atoms with Crippen LogP contribution in [0.15, 0.2) is 35.3 Å². The van der Waals surface area contributed by atoms with Gasteiger partial charge in [0.25, 0.3) is 0 Å². The van der Waals surface area contributed by atoms with Crippen molar-refractivity contribution in [3.63, 3.8) is 0 Å². The topological polar surface area (TPSA) is 72.5 Å². The van der Waals surface area contributed by atoms with Gasteiger partial charge in [0.05, 0.1) is 0 Å². The quantitative estimate of drug-likeness (QED) is 0.363. The number of aromatic nitrogens is 1. The number of rotatable bonds is 6. The first-order chi connectivity index (χ1) is 11.1. The van der Waals surface area contributed by atoms with Crippen molar-refractivity contribution >= 4 is 46.7 Å². The zero-order valence-electron chi connectivity index (χ0n) is 14.4. The summed E-state index contributed by atoms with van der Waals surface area (Å²) in [6, 6.07) is 10.4. The lowest BCUT2D eigenvalue weighted by molar-refractivity contribution is -0.127. The standard InChI is InChI=1S/C17H25N5O.HI/c1-4-18-17(20-12-16(23)22(2)3)19-10-9-14-11-13-7-5-6-8-15(13)21-14;/h5-8,11,21H,4,9-10,12H2,1-3H3,(H2,18,19,20);1H. The van der Waals surface area contributed by atoms with Crippen molar-refractivity contribution < 1.29 is 4.79 Å². The molecule has 7 heteroatoms. The summed E-state index contributed by atoms with van der Waals surface area (Å²) in [7, 11) is 3.46. The first-order valence-corrected chi connectivity index (χ1v) is 7.89. The minimum absolute atomic E-state index is 0. The van der Waals surface area contributed by atoms with Crippen LogP contribution in [0.3, 0.4) is 0 Å². The number of nitrogens with zero attached hydrogens (tertiary/aromatic N) is 2. The monoisotopic (exact) mass is 443 g/mol. The van der Waals surface area contributed by atoms with Crippen LogP contribution in [0.25, 0.3) is 10.9 Å². The number of para-hydroxylation sites is 1. The van der Waals surface area contributed by atoms with Gasteiger partial charge in [0.2, 0.25) is 5.91 Å². The van der Waals surface area contributed by atoms with Crippen LogP contribution in [0.5, 0.6) is 0 Å². The van der Waals surface area contributed by atoms with Crippen LogP contribution in [0.2, 0.25) is 0 Å².